The van der Waals surface area contributed by atoms with Gasteiger partial charge in [-0.2, -0.15) is 0 Å². The number of benzene rings is 1. The van der Waals surface area contributed by atoms with E-state index < -0.39 is 0 Å². The second-order valence-corrected chi connectivity index (χ2v) is 4.58. The van der Waals surface area contributed by atoms with Gasteiger partial charge in [0, 0.05) is 11.8 Å². The molecule has 1 heterocycles. The lowest BCUT2D eigenvalue weighted by Crippen LogP contribution is -1.97. The third-order valence-corrected chi connectivity index (χ3v) is 2.91. The fraction of sp³-hybridized carbons (Fsp3) is 0.312. The molecule has 0 atom stereocenters. The number of rotatable bonds is 5. The van der Waals surface area contributed by atoms with Crippen molar-refractivity contribution in [1.29, 1.82) is 0 Å². The summed E-state index contributed by atoms with van der Waals surface area (Å²) in [6, 6.07) is 11.5. The van der Waals surface area contributed by atoms with Crippen molar-refractivity contribution in [3.63, 3.8) is 0 Å². The van der Waals surface area contributed by atoms with Crippen molar-refractivity contribution in [3.8, 4) is 11.6 Å². The molecule has 1 aromatic heterocycles. The molecule has 3 nitrogen and oxygen atoms in total. The third-order valence-electron chi connectivity index (χ3n) is 2.91. The molecule has 0 fully saturated rings. The van der Waals surface area contributed by atoms with Gasteiger partial charge in [-0.05, 0) is 36.6 Å². The first-order valence-corrected chi connectivity index (χ1v) is 6.57. The molecule has 100 valence electrons. The van der Waals surface area contributed by atoms with Crippen molar-refractivity contribution >= 4 is 0 Å². The highest BCUT2D eigenvalue weighted by atomic mass is 16.5. The number of nitrogens with zero attached hydrogens (tertiary/aromatic N) is 1. The van der Waals surface area contributed by atoms with Gasteiger partial charge in [-0.25, -0.2) is 4.98 Å². The maximum atomic E-state index is 9.29. The number of aromatic nitrogens is 1. The summed E-state index contributed by atoms with van der Waals surface area (Å²) in [5.74, 6) is 1.34. The van der Waals surface area contributed by atoms with Crippen LogP contribution in [0.3, 0.4) is 0 Å². The van der Waals surface area contributed by atoms with Crippen LogP contribution < -0.4 is 4.74 Å². The van der Waals surface area contributed by atoms with Gasteiger partial charge >= 0.3 is 0 Å². The Bertz CT molecular complexity index is 552. The van der Waals surface area contributed by atoms with Gasteiger partial charge in [0.05, 0.1) is 6.61 Å². The minimum Gasteiger partial charge on any atom is -0.439 e. The smallest absolute Gasteiger partial charge is 0.219 e. The minimum atomic E-state index is 0.00334. The summed E-state index contributed by atoms with van der Waals surface area (Å²) in [6.45, 7) is 4.11. The number of aliphatic hydroxyl groups is 1. The van der Waals surface area contributed by atoms with E-state index >= 15 is 0 Å². The lowest BCUT2D eigenvalue weighted by atomic mass is 10.2. The quantitative estimate of drug-likeness (QED) is 0.889. The molecule has 2 rings (SSSR count). The van der Waals surface area contributed by atoms with E-state index in [9.17, 15) is 5.11 Å². The van der Waals surface area contributed by atoms with E-state index in [1.54, 1.807) is 6.07 Å². The van der Waals surface area contributed by atoms with Crippen molar-refractivity contribution in [2.45, 2.75) is 33.3 Å². The Hall–Kier alpha value is -1.87. The summed E-state index contributed by atoms with van der Waals surface area (Å²) >= 11 is 0. The van der Waals surface area contributed by atoms with Crippen molar-refractivity contribution in [1.82, 2.24) is 4.98 Å². The molecule has 0 aliphatic carbocycles. The summed E-state index contributed by atoms with van der Waals surface area (Å²) < 4.78 is 5.82. The number of aliphatic hydroxyl groups excluding tert-OH is 1. The minimum absolute atomic E-state index is 0.00334. The molecule has 0 unspecified atom stereocenters. The van der Waals surface area contributed by atoms with Gasteiger partial charge in [0.25, 0.3) is 0 Å². The number of hydrogen-bond acceptors (Lipinski definition) is 3. The van der Waals surface area contributed by atoms with Crippen LogP contribution in [0.25, 0.3) is 0 Å². The molecule has 0 radical (unpaired) electrons. The molecule has 2 aromatic rings. The molecule has 1 N–H and O–H groups in total. The molecule has 0 amide bonds. The van der Waals surface area contributed by atoms with Crippen molar-refractivity contribution < 1.29 is 9.84 Å². The number of hydrogen-bond donors (Lipinski definition) is 1. The Balaban J connectivity index is 2.29. The molecular formula is C16H19NO2. The summed E-state index contributed by atoms with van der Waals surface area (Å²) in [7, 11) is 0. The van der Waals surface area contributed by atoms with Crippen LogP contribution in [0.4, 0.5) is 0 Å². The van der Waals surface area contributed by atoms with Crippen molar-refractivity contribution in [2.75, 3.05) is 0 Å². The predicted molar refractivity (Wildman–Crippen MR) is 75.4 cm³/mol. The first-order valence-electron chi connectivity index (χ1n) is 6.57. The highest BCUT2D eigenvalue weighted by Gasteiger charge is 2.06. The predicted octanol–water partition coefficient (Wildman–Crippen LogP) is 3.63. The van der Waals surface area contributed by atoms with Gasteiger partial charge < -0.3 is 9.84 Å². The highest BCUT2D eigenvalue weighted by molar-refractivity contribution is 5.36. The van der Waals surface area contributed by atoms with E-state index in [0.717, 1.165) is 35.4 Å². The molecule has 3 heteroatoms. The molecule has 0 aliphatic heterocycles. The standard InChI is InChI=1S/C16H19NO2/c1-3-6-14-9-13(11-18)10-16(17-14)19-15-8-5-4-7-12(15)2/h4-5,7-10,18H,3,6,11H2,1-2H3. The van der Waals surface area contributed by atoms with Crippen LogP contribution in [0, 0.1) is 6.92 Å². The highest BCUT2D eigenvalue weighted by Crippen LogP contribution is 2.24. The SMILES string of the molecule is CCCc1cc(CO)cc(Oc2ccccc2C)n1. The fourth-order valence-electron chi connectivity index (χ4n) is 1.93. The van der Waals surface area contributed by atoms with Gasteiger partial charge in [-0.3, -0.25) is 0 Å². The Kier molecular flexibility index (Phi) is 4.53. The number of para-hydroxylation sites is 1. The summed E-state index contributed by atoms with van der Waals surface area (Å²) in [4.78, 5) is 4.47. The molecule has 0 saturated carbocycles. The zero-order valence-electron chi connectivity index (χ0n) is 11.4. The first kappa shape index (κ1) is 13.6. The summed E-state index contributed by atoms with van der Waals surface area (Å²) in [5, 5.41) is 9.29. The van der Waals surface area contributed by atoms with Crippen LogP contribution in [0.1, 0.15) is 30.2 Å². The van der Waals surface area contributed by atoms with Gasteiger partial charge in [-0.15, -0.1) is 0 Å². The van der Waals surface area contributed by atoms with E-state index in [1.165, 1.54) is 0 Å². The maximum Gasteiger partial charge on any atom is 0.219 e. The Morgan fingerprint density at radius 1 is 1.21 bits per heavy atom. The summed E-state index contributed by atoms with van der Waals surface area (Å²) in [6.07, 6.45) is 1.91. The van der Waals surface area contributed by atoms with Gasteiger partial charge in [0.2, 0.25) is 5.88 Å². The van der Waals surface area contributed by atoms with Gasteiger partial charge in [-0.1, -0.05) is 31.5 Å². The molecule has 0 saturated heterocycles. The van der Waals surface area contributed by atoms with E-state index in [2.05, 4.69) is 11.9 Å². The van der Waals surface area contributed by atoms with Gasteiger partial charge in [0.1, 0.15) is 5.75 Å². The molecule has 0 spiro atoms. The average molecular weight is 257 g/mol. The molecule has 1 aromatic carbocycles. The van der Waals surface area contributed by atoms with E-state index in [0.29, 0.717) is 5.88 Å². The number of aryl methyl sites for hydroxylation is 2. The Morgan fingerprint density at radius 2 is 2.00 bits per heavy atom. The average Bonchev–Trinajstić information content (AvgIpc) is 2.41. The molecule has 0 aliphatic rings. The second-order valence-electron chi connectivity index (χ2n) is 4.58. The Morgan fingerprint density at radius 3 is 2.68 bits per heavy atom. The molecule has 0 bridgehead atoms. The monoisotopic (exact) mass is 257 g/mol. The fourth-order valence-corrected chi connectivity index (χ4v) is 1.93. The molecular weight excluding hydrogens is 238 g/mol. The lowest BCUT2D eigenvalue weighted by Gasteiger charge is -2.10. The van der Waals surface area contributed by atoms with Crippen LogP contribution in [0.15, 0.2) is 36.4 Å². The zero-order chi connectivity index (χ0) is 13.7. The molecule has 19 heavy (non-hydrogen) atoms. The van der Waals surface area contributed by atoms with Crippen LogP contribution in [0.5, 0.6) is 11.6 Å². The topological polar surface area (TPSA) is 42.4 Å². The lowest BCUT2D eigenvalue weighted by molar-refractivity contribution is 0.280. The van der Waals surface area contributed by atoms with Crippen LogP contribution in [-0.2, 0) is 13.0 Å². The second kappa shape index (κ2) is 6.34. The summed E-state index contributed by atoms with van der Waals surface area (Å²) in [5.41, 5.74) is 2.86. The zero-order valence-corrected chi connectivity index (χ0v) is 11.4. The van der Waals surface area contributed by atoms with Crippen LogP contribution in [-0.4, -0.2) is 10.1 Å². The largest absolute Gasteiger partial charge is 0.439 e. The normalized spacial score (nSPS) is 10.5. The van der Waals surface area contributed by atoms with Crippen molar-refractivity contribution in [2.24, 2.45) is 0 Å². The van der Waals surface area contributed by atoms with E-state index in [-0.39, 0.29) is 6.61 Å². The third kappa shape index (κ3) is 3.55. The van der Waals surface area contributed by atoms with Gasteiger partial charge in [0.15, 0.2) is 0 Å². The number of pyridine rings is 1. The van der Waals surface area contributed by atoms with Crippen LogP contribution in [0.2, 0.25) is 0 Å². The van der Waals surface area contributed by atoms with E-state index in [4.69, 9.17) is 4.74 Å². The van der Waals surface area contributed by atoms with Crippen LogP contribution >= 0.6 is 0 Å². The maximum absolute atomic E-state index is 9.29. The Labute approximate surface area is 113 Å². The number of ether oxygens (including phenoxy) is 1. The van der Waals surface area contributed by atoms with E-state index in [1.807, 2.05) is 37.3 Å². The first-order chi connectivity index (χ1) is 9.22. The van der Waals surface area contributed by atoms with Crippen molar-refractivity contribution in [3.05, 3.63) is 53.2 Å².